The van der Waals surface area contributed by atoms with Crippen LogP contribution < -0.4 is 14.9 Å². The van der Waals surface area contributed by atoms with Crippen LogP contribution in [0.15, 0.2) is 23.4 Å². The Morgan fingerprint density at radius 2 is 2.15 bits per heavy atom. The summed E-state index contributed by atoms with van der Waals surface area (Å²) in [7, 11) is -4.05. The van der Waals surface area contributed by atoms with Gasteiger partial charge in [0.05, 0.1) is 22.9 Å². The Morgan fingerprint density at radius 3 is 2.79 bits per heavy atom. The molecule has 178 valence electrons. The molecule has 2 N–H and O–H groups in total. The molecule has 0 spiro atoms. The number of halogens is 3. The highest BCUT2D eigenvalue weighted by molar-refractivity contribution is 7.89. The van der Waals surface area contributed by atoms with Crippen molar-refractivity contribution in [3.05, 3.63) is 23.5 Å². The van der Waals surface area contributed by atoms with Gasteiger partial charge in [-0.3, -0.25) is 4.40 Å². The number of sulfonamides is 1. The van der Waals surface area contributed by atoms with Crippen LogP contribution in [0.5, 0.6) is 0 Å². The molecule has 14 heteroatoms. The van der Waals surface area contributed by atoms with Gasteiger partial charge < -0.3 is 10.2 Å². The minimum Gasteiger partial charge on any atom is -0.367 e. The lowest BCUT2D eigenvalue weighted by Gasteiger charge is -2.34. The molecule has 0 unspecified atom stereocenters. The Morgan fingerprint density at radius 1 is 1.36 bits per heavy atom. The molecule has 3 aromatic rings. The molecule has 1 atom stereocenters. The smallest absolute Gasteiger partial charge is 0.291 e. The van der Waals surface area contributed by atoms with Crippen LogP contribution in [0.1, 0.15) is 31.2 Å². The van der Waals surface area contributed by atoms with Crippen LogP contribution >= 0.6 is 11.3 Å². The first-order valence-electron chi connectivity index (χ1n) is 10.4. The third-order valence-corrected chi connectivity index (χ3v) is 8.37. The van der Waals surface area contributed by atoms with E-state index in [0.717, 1.165) is 0 Å². The van der Waals surface area contributed by atoms with Gasteiger partial charge in [-0.25, -0.2) is 31.3 Å². The fraction of sp³-hybridized carbons (Fsp3) is 0.526. The summed E-state index contributed by atoms with van der Waals surface area (Å²) in [6, 6.07) is 1.73. The average molecular weight is 502 g/mol. The van der Waals surface area contributed by atoms with Crippen molar-refractivity contribution < 1.29 is 21.6 Å². The second-order valence-corrected chi connectivity index (χ2v) is 11.2. The molecule has 5 rings (SSSR count). The minimum absolute atomic E-state index is 0.0613. The number of rotatable bonds is 7. The fourth-order valence-electron chi connectivity index (χ4n) is 3.93. The minimum atomic E-state index is -4.05. The highest BCUT2D eigenvalue weighted by Crippen LogP contribution is 2.38. The summed E-state index contributed by atoms with van der Waals surface area (Å²) in [5.74, 6) is 0.211. The summed E-state index contributed by atoms with van der Waals surface area (Å²) >= 11 is 0.699. The number of pyridine rings is 1. The van der Waals surface area contributed by atoms with Gasteiger partial charge in [0.1, 0.15) is 11.6 Å². The molecule has 1 saturated heterocycles. The zero-order valence-corrected chi connectivity index (χ0v) is 19.3. The van der Waals surface area contributed by atoms with Gasteiger partial charge in [-0.05, 0) is 25.8 Å². The van der Waals surface area contributed by atoms with E-state index in [1.807, 2.05) is 11.8 Å². The number of nitrogens with zero attached hydrogens (tertiary/aromatic N) is 5. The fourth-order valence-corrected chi connectivity index (χ4v) is 6.09. The summed E-state index contributed by atoms with van der Waals surface area (Å²) in [5, 5.41) is 10.4. The number of piperazine rings is 1. The lowest BCUT2D eigenvalue weighted by atomic mass is 10.2. The number of imidazole rings is 1. The van der Waals surface area contributed by atoms with Crippen LogP contribution in [-0.4, -0.2) is 65.9 Å². The van der Waals surface area contributed by atoms with Crippen LogP contribution in [0.4, 0.5) is 18.9 Å². The van der Waals surface area contributed by atoms with Crippen LogP contribution in [0.25, 0.3) is 16.3 Å². The zero-order chi connectivity index (χ0) is 23.4. The monoisotopic (exact) mass is 501 g/mol. The Hall–Kier alpha value is -2.29. The first kappa shape index (κ1) is 22.5. The molecule has 9 nitrogen and oxygen atoms in total. The van der Waals surface area contributed by atoms with Gasteiger partial charge in [-0.2, -0.15) is 0 Å². The van der Waals surface area contributed by atoms with E-state index in [2.05, 4.69) is 25.2 Å². The molecule has 0 aromatic carbocycles. The standard InChI is InChI=1S/C19H22F3N7O2S2/c1-11-8-28(5-4-23-11)13-6-12(33(30,31)27-19(10-20)2-3-19)9-29-14(13)7-24-16(29)18-26-25-17(32-18)15(21)22/h6-7,9,11,15,23,27H,2-5,8,10H2,1H3/t11-/m1/s1. The third kappa shape index (κ3) is 4.20. The first-order valence-corrected chi connectivity index (χ1v) is 12.7. The molecule has 4 heterocycles. The molecule has 0 amide bonds. The van der Waals surface area contributed by atoms with Gasteiger partial charge in [-0.15, -0.1) is 10.2 Å². The van der Waals surface area contributed by atoms with Crippen molar-refractivity contribution in [2.45, 2.75) is 42.7 Å². The van der Waals surface area contributed by atoms with Crippen LogP contribution in [-0.2, 0) is 10.0 Å². The van der Waals surface area contributed by atoms with Crippen molar-refractivity contribution >= 4 is 32.6 Å². The summed E-state index contributed by atoms with van der Waals surface area (Å²) in [5.41, 5.74) is 0.188. The highest BCUT2D eigenvalue weighted by atomic mass is 32.2. The topological polar surface area (TPSA) is 105 Å². The second-order valence-electron chi connectivity index (χ2n) is 8.46. The predicted octanol–water partition coefficient (Wildman–Crippen LogP) is 2.37. The molecule has 0 radical (unpaired) electrons. The van der Waals surface area contributed by atoms with Crippen molar-refractivity contribution in [2.24, 2.45) is 0 Å². The van der Waals surface area contributed by atoms with E-state index in [0.29, 0.717) is 55.0 Å². The number of aromatic nitrogens is 4. The van der Waals surface area contributed by atoms with E-state index in [9.17, 15) is 21.6 Å². The number of nitrogens with one attached hydrogen (secondary N) is 2. The molecule has 2 fully saturated rings. The molecule has 1 saturated carbocycles. The number of hydrogen-bond acceptors (Lipinski definition) is 8. The van der Waals surface area contributed by atoms with Crippen LogP contribution in [0.3, 0.4) is 0 Å². The largest absolute Gasteiger partial charge is 0.367 e. The summed E-state index contributed by atoms with van der Waals surface area (Å²) in [6.45, 7) is 3.23. The summed E-state index contributed by atoms with van der Waals surface area (Å²) in [6.07, 6.45) is 1.03. The average Bonchev–Trinajstić information content (AvgIpc) is 3.18. The highest BCUT2D eigenvalue weighted by Gasteiger charge is 2.46. The van der Waals surface area contributed by atoms with Gasteiger partial charge in [0.15, 0.2) is 15.8 Å². The van der Waals surface area contributed by atoms with E-state index in [1.54, 1.807) is 12.3 Å². The maximum absolute atomic E-state index is 13.4. The van der Waals surface area contributed by atoms with Crippen molar-refractivity contribution in [1.29, 1.82) is 0 Å². The first-order chi connectivity index (χ1) is 15.7. The Kier molecular flexibility index (Phi) is 5.58. The quantitative estimate of drug-likeness (QED) is 0.512. The molecular formula is C19H22F3N7O2S2. The zero-order valence-electron chi connectivity index (χ0n) is 17.6. The lowest BCUT2D eigenvalue weighted by Crippen LogP contribution is -2.49. The van der Waals surface area contributed by atoms with Gasteiger partial charge in [0.25, 0.3) is 6.43 Å². The van der Waals surface area contributed by atoms with E-state index in [1.165, 1.54) is 10.6 Å². The molecule has 1 aliphatic heterocycles. The molecular weight excluding hydrogens is 479 g/mol. The summed E-state index contributed by atoms with van der Waals surface area (Å²) in [4.78, 5) is 6.34. The van der Waals surface area contributed by atoms with E-state index in [4.69, 9.17) is 0 Å². The molecule has 3 aromatic heterocycles. The molecule has 1 aliphatic carbocycles. The van der Waals surface area contributed by atoms with Crippen LogP contribution in [0, 0.1) is 0 Å². The molecule has 0 bridgehead atoms. The van der Waals surface area contributed by atoms with Gasteiger partial charge in [0.2, 0.25) is 10.0 Å². The number of fused-ring (bicyclic) bond motifs is 1. The van der Waals surface area contributed by atoms with E-state index >= 15 is 0 Å². The van der Waals surface area contributed by atoms with Crippen molar-refractivity contribution in [3.8, 4) is 10.8 Å². The Balaban J connectivity index is 1.65. The van der Waals surface area contributed by atoms with Gasteiger partial charge >= 0.3 is 0 Å². The third-order valence-electron chi connectivity index (χ3n) is 5.89. The second kappa shape index (κ2) is 8.18. The number of alkyl halides is 3. The van der Waals surface area contributed by atoms with Crippen molar-refractivity contribution in [2.75, 3.05) is 31.2 Å². The van der Waals surface area contributed by atoms with E-state index < -0.39 is 33.7 Å². The maximum atomic E-state index is 13.4. The van der Waals surface area contributed by atoms with Crippen molar-refractivity contribution in [1.82, 2.24) is 29.6 Å². The number of hydrogen-bond donors (Lipinski definition) is 2. The van der Waals surface area contributed by atoms with E-state index in [-0.39, 0.29) is 21.8 Å². The predicted molar refractivity (Wildman–Crippen MR) is 117 cm³/mol. The Bertz CT molecular complexity index is 1290. The molecule has 2 aliphatic rings. The number of anilines is 1. The molecule has 33 heavy (non-hydrogen) atoms. The van der Waals surface area contributed by atoms with Gasteiger partial charge in [0, 0.05) is 31.9 Å². The van der Waals surface area contributed by atoms with Crippen molar-refractivity contribution in [3.63, 3.8) is 0 Å². The lowest BCUT2D eigenvalue weighted by molar-refractivity contribution is 0.150. The normalized spacial score (nSPS) is 20.6. The van der Waals surface area contributed by atoms with Gasteiger partial charge in [-0.1, -0.05) is 11.3 Å². The SMILES string of the molecule is C[C@@H]1CN(c2cc(S(=O)(=O)NC3(CF)CC3)cn3c(-c4nnc(C(F)F)s4)ncc23)CCN1. The Labute approximate surface area is 192 Å². The summed E-state index contributed by atoms with van der Waals surface area (Å²) < 4.78 is 69.9. The maximum Gasteiger partial charge on any atom is 0.291 e. The van der Waals surface area contributed by atoms with Crippen LogP contribution in [0.2, 0.25) is 0 Å².